The van der Waals surface area contributed by atoms with Crippen LogP contribution in [0.25, 0.3) is 0 Å². The molecule has 1 unspecified atom stereocenters. The monoisotopic (exact) mass is 214 g/mol. The number of hydrogen-bond donors (Lipinski definition) is 1. The molecule has 0 aromatic heterocycles. The van der Waals surface area contributed by atoms with Gasteiger partial charge >= 0.3 is 0 Å². The second-order valence-corrected chi connectivity index (χ2v) is 5.09. The molecule has 1 N–H and O–H groups in total. The summed E-state index contributed by atoms with van der Waals surface area (Å²) < 4.78 is 0. The van der Waals surface area contributed by atoms with Crippen LogP contribution in [0.3, 0.4) is 0 Å². The topological polar surface area (TPSA) is 32.3 Å². The van der Waals surface area contributed by atoms with E-state index in [2.05, 4.69) is 24.1 Å². The summed E-state index contributed by atoms with van der Waals surface area (Å²) in [7, 11) is 4.01. The van der Waals surface area contributed by atoms with Crippen LogP contribution >= 0.6 is 0 Å². The summed E-state index contributed by atoms with van der Waals surface area (Å²) in [5.41, 5.74) is -0.263. The molecule has 1 atom stereocenters. The predicted octanol–water partition coefficient (Wildman–Crippen LogP) is 1.74. The van der Waals surface area contributed by atoms with Crippen LogP contribution in [-0.4, -0.2) is 38.0 Å². The molecule has 0 aliphatic rings. The molecule has 0 spiro atoms. The smallest absolute Gasteiger partial charge is 0.225 e. The van der Waals surface area contributed by atoms with Crippen molar-refractivity contribution in [1.29, 1.82) is 0 Å². The Balaban J connectivity index is 4.08. The van der Waals surface area contributed by atoms with E-state index in [1.54, 1.807) is 0 Å². The first-order valence-electron chi connectivity index (χ1n) is 5.75. The van der Waals surface area contributed by atoms with E-state index in [4.69, 9.17) is 0 Å². The molecule has 0 aliphatic heterocycles. The van der Waals surface area contributed by atoms with E-state index in [0.29, 0.717) is 5.92 Å². The fraction of sp³-hybridized carbons (Fsp3) is 0.917. The van der Waals surface area contributed by atoms with Gasteiger partial charge in [0.25, 0.3) is 0 Å². The number of rotatable bonds is 6. The van der Waals surface area contributed by atoms with Crippen LogP contribution < -0.4 is 5.32 Å². The van der Waals surface area contributed by atoms with Gasteiger partial charge < -0.3 is 10.2 Å². The molecule has 0 heterocycles. The standard InChI is InChI=1S/C12H26N2O/c1-7-10(2)12(3,4)11(15)13-8-9-14(5)6/h10H,7-9H2,1-6H3,(H,13,15). The zero-order valence-corrected chi connectivity index (χ0v) is 11.1. The Kier molecular flexibility index (Phi) is 5.88. The highest BCUT2D eigenvalue weighted by molar-refractivity contribution is 5.82. The van der Waals surface area contributed by atoms with E-state index in [-0.39, 0.29) is 11.3 Å². The Morgan fingerprint density at radius 2 is 1.93 bits per heavy atom. The van der Waals surface area contributed by atoms with Gasteiger partial charge in [0.2, 0.25) is 5.91 Å². The van der Waals surface area contributed by atoms with E-state index in [9.17, 15) is 4.79 Å². The second kappa shape index (κ2) is 6.11. The summed E-state index contributed by atoms with van der Waals surface area (Å²) in [5, 5.41) is 2.99. The average Bonchev–Trinajstić information content (AvgIpc) is 2.15. The minimum atomic E-state index is -0.263. The Bertz CT molecular complexity index is 200. The molecule has 0 aromatic rings. The molecule has 0 rings (SSSR count). The SMILES string of the molecule is CCC(C)C(C)(C)C(=O)NCCN(C)C. The molecule has 0 saturated carbocycles. The third-order valence-corrected chi connectivity index (χ3v) is 3.27. The lowest BCUT2D eigenvalue weighted by Gasteiger charge is -2.29. The third-order valence-electron chi connectivity index (χ3n) is 3.27. The first-order chi connectivity index (χ1) is 6.82. The Hall–Kier alpha value is -0.570. The zero-order chi connectivity index (χ0) is 12.1. The van der Waals surface area contributed by atoms with E-state index < -0.39 is 0 Å². The number of likely N-dealkylation sites (N-methyl/N-ethyl adjacent to an activating group) is 1. The van der Waals surface area contributed by atoms with Crippen molar-refractivity contribution in [2.45, 2.75) is 34.1 Å². The maximum Gasteiger partial charge on any atom is 0.225 e. The fourth-order valence-electron chi connectivity index (χ4n) is 1.35. The maximum absolute atomic E-state index is 11.9. The summed E-state index contributed by atoms with van der Waals surface area (Å²) in [4.78, 5) is 14.0. The van der Waals surface area contributed by atoms with Crippen molar-refractivity contribution in [2.75, 3.05) is 27.2 Å². The molecule has 15 heavy (non-hydrogen) atoms. The van der Waals surface area contributed by atoms with Gasteiger partial charge in [-0.05, 0) is 20.0 Å². The highest BCUT2D eigenvalue weighted by atomic mass is 16.2. The molecule has 90 valence electrons. The van der Waals surface area contributed by atoms with Crippen LogP contribution in [0.5, 0.6) is 0 Å². The van der Waals surface area contributed by atoms with E-state index in [0.717, 1.165) is 19.5 Å². The highest BCUT2D eigenvalue weighted by Crippen LogP contribution is 2.28. The second-order valence-electron chi connectivity index (χ2n) is 5.09. The number of hydrogen-bond acceptors (Lipinski definition) is 2. The molecule has 3 nitrogen and oxygen atoms in total. The predicted molar refractivity (Wildman–Crippen MR) is 64.8 cm³/mol. The normalized spacial score (nSPS) is 14.1. The minimum absolute atomic E-state index is 0.165. The summed E-state index contributed by atoms with van der Waals surface area (Å²) in [5.74, 6) is 0.579. The molecule has 0 fully saturated rings. The van der Waals surface area contributed by atoms with Gasteiger partial charge in [-0.2, -0.15) is 0 Å². The van der Waals surface area contributed by atoms with Crippen LogP contribution in [0.4, 0.5) is 0 Å². The van der Waals surface area contributed by atoms with Crippen molar-refractivity contribution in [3.8, 4) is 0 Å². The molecule has 3 heteroatoms. The van der Waals surface area contributed by atoms with Crippen molar-refractivity contribution >= 4 is 5.91 Å². The van der Waals surface area contributed by atoms with Crippen molar-refractivity contribution < 1.29 is 4.79 Å². The highest BCUT2D eigenvalue weighted by Gasteiger charge is 2.32. The van der Waals surface area contributed by atoms with Gasteiger partial charge in [-0.1, -0.05) is 34.1 Å². The molecule has 0 aromatic carbocycles. The van der Waals surface area contributed by atoms with Gasteiger partial charge in [-0.15, -0.1) is 0 Å². The summed E-state index contributed by atoms with van der Waals surface area (Å²) in [6, 6.07) is 0. The van der Waals surface area contributed by atoms with E-state index in [1.165, 1.54) is 0 Å². The molecule has 0 radical (unpaired) electrons. The number of nitrogens with one attached hydrogen (secondary N) is 1. The quantitative estimate of drug-likeness (QED) is 0.730. The van der Waals surface area contributed by atoms with Gasteiger partial charge in [0, 0.05) is 18.5 Å². The van der Waals surface area contributed by atoms with Gasteiger partial charge in [0.1, 0.15) is 0 Å². The van der Waals surface area contributed by atoms with E-state index >= 15 is 0 Å². The lowest BCUT2D eigenvalue weighted by Crippen LogP contribution is -2.43. The fourth-order valence-corrected chi connectivity index (χ4v) is 1.35. The summed E-state index contributed by atoms with van der Waals surface area (Å²) in [6.45, 7) is 9.91. The van der Waals surface area contributed by atoms with Gasteiger partial charge in [-0.3, -0.25) is 4.79 Å². The third kappa shape index (κ3) is 4.65. The van der Waals surface area contributed by atoms with Gasteiger partial charge in [0.15, 0.2) is 0 Å². The zero-order valence-electron chi connectivity index (χ0n) is 11.1. The van der Waals surface area contributed by atoms with E-state index in [1.807, 2.05) is 27.9 Å². The Labute approximate surface area is 94.2 Å². The summed E-state index contributed by atoms with van der Waals surface area (Å²) >= 11 is 0. The van der Waals surface area contributed by atoms with Crippen molar-refractivity contribution in [3.05, 3.63) is 0 Å². The average molecular weight is 214 g/mol. The van der Waals surface area contributed by atoms with Crippen molar-refractivity contribution in [2.24, 2.45) is 11.3 Å². The molecule has 0 bridgehead atoms. The first kappa shape index (κ1) is 14.4. The molecule has 1 amide bonds. The Morgan fingerprint density at radius 3 is 2.33 bits per heavy atom. The van der Waals surface area contributed by atoms with Crippen LogP contribution in [0.15, 0.2) is 0 Å². The van der Waals surface area contributed by atoms with Gasteiger partial charge in [-0.25, -0.2) is 0 Å². The number of carbonyl (C=O) groups is 1. The molecular formula is C12H26N2O. The van der Waals surface area contributed by atoms with Crippen LogP contribution in [0.1, 0.15) is 34.1 Å². The number of amides is 1. The Morgan fingerprint density at radius 1 is 1.40 bits per heavy atom. The lowest BCUT2D eigenvalue weighted by atomic mass is 9.78. The largest absolute Gasteiger partial charge is 0.354 e. The van der Waals surface area contributed by atoms with Crippen molar-refractivity contribution in [3.63, 3.8) is 0 Å². The maximum atomic E-state index is 11.9. The van der Waals surface area contributed by atoms with Crippen LogP contribution in [0.2, 0.25) is 0 Å². The van der Waals surface area contributed by atoms with Crippen LogP contribution in [-0.2, 0) is 4.79 Å². The number of carbonyl (C=O) groups excluding carboxylic acids is 1. The minimum Gasteiger partial charge on any atom is -0.354 e. The van der Waals surface area contributed by atoms with Crippen LogP contribution in [0, 0.1) is 11.3 Å². The first-order valence-corrected chi connectivity index (χ1v) is 5.75. The number of nitrogens with zero attached hydrogens (tertiary/aromatic N) is 1. The molecule has 0 aliphatic carbocycles. The van der Waals surface area contributed by atoms with Gasteiger partial charge in [0.05, 0.1) is 0 Å². The molecule has 0 saturated heterocycles. The summed E-state index contributed by atoms with van der Waals surface area (Å²) in [6.07, 6.45) is 1.04. The van der Waals surface area contributed by atoms with Crippen molar-refractivity contribution in [1.82, 2.24) is 10.2 Å². The lowest BCUT2D eigenvalue weighted by molar-refractivity contribution is -0.131. The molecular weight excluding hydrogens is 188 g/mol.